The number of allylic oxidation sites excluding steroid dienone is 1. The number of ether oxygens (including phenoxy) is 3. The van der Waals surface area contributed by atoms with E-state index in [0.717, 1.165) is 54.8 Å². The number of carbonyl (C=O) groups excluding carboxylic acids is 1. The molecule has 0 radical (unpaired) electrons. The molecule has 0 aliphatic heterocycles. The van der Waals surface area contributed by atoms with Gasteiger partial charge in [-0.25, -0.2) is 14.4 Å². The molecule has 0 aromatic rings. The summed E-state index contributed by atoms with van der Waals surface area (Å²) in [5, 5.41) is 5.60. The average Bonchev–Trinajstić information content (AvgIpc) is 3.50. The number of rotatable bonds is 23. The molecule has 8 unspecified atom stereocenters. The topological polar surface area (TPSA) is 233 Å². The molecule has 3 fully saturated rings. The Morgan fingerprint density at radius 3 is 2.18 bits per heavy atom. The molecule has 57 heavy (non-hydrogen) atoms. The summed E-state index contributed by atoms with van der Waals surface area (Å²) in [6, 6.07) is 0. The van der Waals surface area contributed by atoms with Crippen molar-refractivity contribution < 1.29 is 32.6 Å². The number of hydrogen-bond acceptors (Lipinski definition) is 9. The van der Waals surface area contributed by atoms with Crippen LogP contribution in [0.1, 0.15) is 119 Å². The van der Waals surface area contributed by atoms with Crippen LogP contribution in [0.5, 0.6) is 0 Å². The zero-order valence-corrected chi connectivity index (χ0v) is 37.0. The van der Waals surface area contributed by atoms with Crippen LogP contribution >= 0.6 is 7.75 Å². The number of alkyl carbamates (subject to hydrolysis) is 1. The summed E-state index contributed by atoms with van der Waals surface area (Å²) in [5.41, 5.74) is 23.6. The zero-order valence-electron chi connectivity index (χ0n) is 36.1. The minimum absolute atomic E-state index is 0.0486. The summed E-state index contributed by atoms with van der Waals surface area (Å²) < 4.78 is 41.7. The maximum absolute atomic E-state index is 13.2. The summed E-state index contributed by atoms with van der Waals surface area (Å²) in [6.45, 7) is 16.8. The maximum Gasteiger partial charge on any atom is 0.407 e. The number of hydrogen-bond donors (Lipinski definition) is 6. The van der Waals surface area contributed by atoms with Crippen molar-refractivity contribution in [3.05, 3.63) is 11.6 Å². The third-order valence-electron chi connectivity index (χ3n) is 13.5. The highest BCUT2D eigenvalue weighted by atomic mass is 31.2. The first-order valence-corrected chi connectivity index (χ1v) is 23.1. The maximum atomic E-state index is 13.2. The van der Waals surface area contributed by atoms with E-state index < -0.39 is 19.6 Å². The van der Waals surface area contributed by atoms with Gasteiger partial charge in [0.25, 0.3) is 0 Å². The van der Waals surface area contributed by atoms with E-state index in [1.807, 2.05) is 0 Å². The molecule has 15 nitrogen and oxygen atoms in total. The number of fused-ring (bicyclic) bond motifs is 5. The van der Waals surface area contributed by atoms with E-state index in [1.54, 1.807) is 13.8 Å². The molecule has 4 aliphatic rings. The number of nitrogens with two attached hydrogens (primary N) is 4. The summed E-state index contributed by atoms with van der Waals surface area (Å²) in [4.78, 5) is 20.5. The molecule has 328 valence electrons. The van der Waals surface area contributed by atoms with Crippen molar-refractivity contribution in [2.75, 3.05) is 52.6 Å². The number of amides is 1. The first kappa shape index (κ1) is 47.3. The van der Waals surface area contributed by atoms with Crippen LogP contribution in [-0.4, -0.2) is 82.5 Å². The minimum Gasteiger partial charge on any atom is -0.446 e. The highest BCUT2D eigenvalue weighted by molar-refractivity contribution is 7.51. The molecule has 0 bridgehead atoms. The van der Waals surface area contributed by atoms with Gasteiger partial charge in [-0.3, -0.25) is 19.0 Å². The molecule has 16 heteroatoms. The predicted octanol–water partition coefficient (Wildman–Crippen LogP) is 6.17. The molecule has 0 aromatic heterocycles. The van der Waals surface area contributed by atoms with Crippen molar-refractivity contribution in [1.29, 1.82) is 0 Å². The Morgan fingerprint density at radius 1 is 0.895 bits per heavy atom. The fourth-order valence-electron chi connectivity index (χ4n) is 10.7. The predicted molar refractivity (Wildman–Crippen MR) is 226 cm³/mol. The Kier molecular flexibility index (Phi) is 17.6. The summed E-state index contributed by atoms with van der Waals surface area (Å²) in [5.74, 6) is 3.62. The fourth-order valence-corrected chi connectivity index (χ4v) is 12.0. The molecule has 0 aromatic carbocycles. The molecule has 3 saturated carbocycles. The highest BCUT2D eigenvalue weighted by Gasteiger charge is 2.59. The highest BCUT2D eigenvalue weighted by Crippen LogP contribution is 2.67. The van der Waals surface area contributed by atoms with Crippen LogP contribution < -0.4 is 33.3 Å². The van der Waals surface area contributed by atoms with E-state index in [-0.39, 0.29) is 76.0 Å². The van der Waals surface area contributed by atoms with Crippen molar-refractivity contribution in [2.24, 2.45) is 79.3 Å². The van der Waals surface area contributed by atoms with Crippen LogP contribution in [0, 0.1) is 46.3 Å². The van der Waals surface area contributed by atoms with Gasteiger partial charge in [0.05, 0.1) is 39.5 Å². The van der Waals surface area contributed by atoms with Crippen LogP contribution in [0.25, 0.3) is 0 Å². The molecular formula is C41H77N8O7P. The standard InChI is InChI=1S/C41H77N8O7P/c1-28(2)9-8-10-29(3)33-13-14-34-32-12-11-30-27-31(15-17-40(30,6)35(32)16-18-41(33,34)7)56-38(50)48-19-23-52-39(4,5)53-24-22-49-57(51,54-25-20-46-36(42)43)55-26-21-47-37(44)45/h11,28-29,31-35H,8-10,12-27H2,1-7H3,(H,48,50)(H,49,51)(H4,42,43,46)(H4,44,45,47). The van der Waals surface area contributed by atoms with Crippen LogP contribution in [0.2, 0.25) is 0 Å². The van der Waals surface area contributed by atoms with Gasteiger partial charge in [0.2, 0.25) is 0 Å². The van der Waals surface area contributed by atoms with E-state index in [4.69, 9.17) is 46.2 Å². The summed E-state index contributed by atoms with van der Waals surface area (Å²) in [6.07, 6.45) is 15.6. The van der Waals surface area contributed by atoms with E-state index in [2.05, 4.69) is 61.1 Å². The zero-order chi connectivity index (χ0) is 41.9. The molecule has 0 saturated heterocycles. The Morgan fingerprint density at radius 2 is 1.54 bits per heavy atom. The van der Waals surface area contributed by atoms with Crippen molar-refractivity contribution >= 4 is 25.8 Å². The number of nitrogens with one attached hydrogen (secondary N) is 2. The van der Waals surface area contributed by atoms with Crippen molar-refractivity contribution in [3.63, 3.8) is 0 Å². The quantitative estimate of drug-likeness (QED) is 0.0170. The Hall–Kier alpha value is -2.42. The van der Waals surface area contributed by atoms with Crippen molar-refractivity contribution in [1.82, 2.24) is 10.4 Å². The SMILES string of the molecule is CC(C)CCCC(C)C1CCC2C3CC=C4CC(OC(=O)NCCOC(C)(C)OCCNP(=O)(OCCN=C(N)N)OCCN=C(N)N)CCC4(C)C3CCC12C. The number of guanidine groups is 2. The smallest absolute Gasteiger partial charge is 0.407 e. The summed E-state index contributed by atoms with van der Waals surface area (Å²) >= 11 is 0. The molecular weight excluding hydrogens is 747 g/mol. The van der Waals surface area contributed by atoms with Gasteiger partial charge in [-0.15, -0.1) is 0 Å². The lowest BCUT2D eigenvalue weighted by atomic mass is 9.47. The molecule has 10 N–H and O–H groups in total. The normalized spacial score (nSPS) is 29.1. The van der Waals surface area contributed by atoms with Gasteiger partial charge in [0.1, 0.15) is 6.10 Å². The number of aliphatic imine (C=N–C) groups is 2. The second-order valence-electron chi connectivity index (χ2n) is 18.3. The molecule has 4 aliphatic carbocycles. The van der Waals surface area contributed by atoms with E-state index >= 15 is 0 Å². The van der Waals surface area contributed by atoms with Gasteiger partial charge in [-0.2, -0.15) is 0 Å². The number of carbonyl (C=O) groups is 1. The minimum atomic E-state index is -3.75. The molecule has 4 rings (SSSR count). The van der Waals surface area contributed by atoms with Gasteiger partial charge >= 0.3 is 13.8 Å². The Bertz CT molecular complexity index is 1410. The lowest BCUT2D eigenvalue weighted by Crippen LogP contribution is -2.51. The summed E-state index contributed by atoms with van der Waals surface area (Å²) in [7, 11) is -3.75. The monoisotopic (exact) mass is 825 g/mol. The van der Waals surface area contributed by atoms with Gasteiger partial charge in [-0.05, 0) is 105 Å². The first-order valence-electron chi connectivity index (χ1n) is 21.5. The van der Waals surface area contributed by atoms with Crippen LogP contribution in [0.3, 0.4) is 0 Å². The third-order valence-corrected chi connectivity index (χ3v) is 15.2. The second kappa shape index (κ2) is 21.2. The second-order valence-corrected chi connectivity index (χ2v) is 20.1. The van der Waals surface area contributed by atoms with E-state index in [9.17, 15) is 9.36 Å². The van der Waals surface area contributed by atoms with Gasteiger partial charge in [-0.1, -0.05) is 65.5 Å². The van der Waals surface area contributed by atoms with Crippen LogP contribution in [-0.2, 0) is 27.8 Å². The third kappa shape index (κ3) is 13.5. The van der Waals surface area contributed by atoms with Gasteiger partial charge in [0.15, 0.2) is 17.7 Å². The van der Waals surface area contributed by atoms with Gasteiger partial charge in [0, 0.05) is 19.5 Å². The lowest BCUT2D eigenvalue weighted by molar-refractivity contribution is -0.210. The molecule has 0 heterocycles. The number of nitrogens with zero attached hydrogens (tertiary/aromatic N) is 2. The first-order chi connectivity index (χ1) is 26.9. The fraction of sp³-hybridized carbons (Fsp3) is 0.878. The van der Waals surface area contributed by atoms with Crippen molar-refractivity contribution in [3.8, 4) is 0 Å². The van der Waals surface area contributed by atoms with E-state index in [1.165, 1.54) is 56.9 Å². The largest absolute Gasteiger partial charge is 0.446 e. The lowest BCUT2D eigenvalue weighted by Gasteiger charge is -2.58. The Labute approximate surface area is 342 Å². The van der Waals surface area contributed by atoms with Crippen LogP contribution in [0.15, 0.2) is 21.6 Å². The average molecular weight is 825 g/mol. The van der Waals surface area contributed by atoms with E-state index in [0.29, 0.717) is 5.41 Å². The molecule has 8 atom stereocenters. The molecule has 1 amide bonds. The van der Waals surface area contributed by atoms with Crippen LogP contribution in [0.4, 0.5) is 4.79 Å². The Balaban J connectivity index is 1.16. The van der Waals surface area contributed by atoms with Gasteiger partial charge < -0.3 is 42.5 Å². The van der Waals surface area contributed by atoms with Crippen molar-refractivity contribution in [2.45, 2.75) is 131 Å². The molecule has 0 spiro atoms.